The predicted molar refractivity (Wildman–Crippen MR) is 73.2 cm³/mol. The van der Waals surface area contributed by atoms with E-state index in [0.717, 1.165) is 38.4 Å². The molecule has 104 valence electrons. The van der Waals surface area contributed by atoms with Crippen LogP contribution in [0.2, 0.25) is 0 Å². The lowest BCUT2D eigenvalue weighted by Crippen LogP contribution is -2.34. The van der Waals surface area contributed by atoms with Crippen LogP contribution < -0.4 is 5.73 Å². The van der Waals surface area contributed by atoms with Gasteiger partial charge in [0.25, 0.3) is 0 Å². The highest BCUT2D eigenvalue weighted by atomic mass is 15.4. The van der Waals surface area contributed by atoms with Crippen LogP contribution in [0.25, 0.3) is 0 Å². The molecule has 0 bridgehead atoms. The van der Waals surface area contributed by atoms with E-state index in [-0.39, 0.29) is 0 Å². The summed E-state index contributed by atoms with van der Waals surface area (Å²) in [6.45, 7) is 7.87. The number of aromatic nitrogens is 3. The molecule has 2 N–H and O–H groups in total. The minimum absolute atomic E-state index is 0.458. The van der Waals surface area contributed by atoms with E-state index in [0.29, 0.717) is 6.54 Å². The highest BCUT2D eigenvalue weighted by Crippen LogP contribution is 1.96. The van der Waals surface area contributed by atoms with Crippen LogP contribution in [0.4, 0.5) is 0 Å². The molecule has 0 radical (unpaired) electrons. The molecule has 1 aromatic heterocycles. The number of nitrogens with two attached hydrogens (primary N) is 1. The van der Waals surface area contributed by atoms with Gasteiger partial charge in [0.15, 0.2) is 0 Å². The molecule has 6 nitrogen and oxygen atoms in total. The Morgan fingerprint density at radius 2 is 2.00 bits per heavy atom. The van der Waals surface area contributed by atoms with Crippen molar-refractivity contribution in [1.82, 2.24) is 24.8 Å². The molecule has 0 spiro atoms. The zero-order valence-electron chi connectivity index (χ0n) is 11.8. The summed E-state index contributed by atoms with van der Waals surface area (Å²) in [5, 5.41) is 8.06. The second-order valence-corrected chi connectivity index (χ2v) is 4.82. The first kappa shape index (κ1) is 15.1. The van der Waals surface area contributed by atoms with Crippen LogP contribution in [0.1, 0.15) is 19.0 Å². The molecule has 0 atom stereocenters. The van der Waals surface area contributed by atoms with E-state index >= 15 is 0 Å². The molecule has 0 fully saturated rings. The summed E-state index contributed by atoms with van der Waals surface area (Å²) in [5.41, 5.74) is 6.37. The second kappa shape index (κ2) is 8.18. The Hall–Kier alpha value is -0.980. The van der Waals surface area contributed by atoms with E-state index < -0.39 is 0 Å². The van der Waals surface area contributed by atoms with Gasteiger partial charge in [0, 0.05) is 32.4 Å². The molecule has 0 saturated heterocycles. The Balaban J connectivity index is 2.35. The molecule has 0 unspecified atom stereocenters. The van der Waals surface area contributed by atoms with Gasteiger partial charge in [-0.25, -0.2) is 0 Å². The van der Waals surface area contributed by atoms with Gasteiger partial charge in [-0.15, -0.1) is 5.10 Å². The van der Waals surface area contributed by atoms with E-state index in [9.17, 15) is 0 Å². The van der Waals surface area contributed by atoms with Gasteiger partial charge in [0.2, 0.25) is 0 Å². The average Bonchev–Trinajstić information content (AvgIpc) is 2.80. The lowest BCUT2D eigenvalue weighted by Gasteiger charge is -2.23. The summed E-state index contributed by atoms with van der Waals surface area (Å²) >= 11 is 0. The van der Waals surface area contributed by atoms with Crippen LogP contribution in [0, 0.1) is 0 Å². The molecular formula is C12H26N6. The maximum atomic E-state index is 5.52. The highest BCUT2D eigenvalue weighted by Gasteiger charge is 2.05. The zero-order chi connectivity index (χ0) is 13.4. The van der Waals surface area contributed by atoms with Crippen molar-refractivity contribution in [3.63, 3.8) is 0 Å². The van der Waals surface area contributed by atoms with Gasteiger partial charge >= 0.3 is 0 Å². The molecule has 0 amide bonds. The Morgan fingerprint density at radius 1 is 1.22 bits per heavy atom. The summed E-state index contributed by atoms with van der Waals surface area (Å²) in [4.78, 5) is 4.68. The third-order valence-corrected chi connectivity index (χ3v) is 2.84. The monoisotopic (exact) mass is 254 g/mol. The fraction of sp³-hybridized carbons (Fsp3) is 0.833. The first-order chi connectivity index (χ1) is 8.65. The first-order valence-electron chi connectivity index (χ1n) is 6.61. The topological polar surface area (TPSA) is 63.2 Å². The minimum atomic E-state index is 0.458. The molecule has 1 heterocycles. The summed E-state index contributed by atoms with van der Waals surface area (Å²) in [6.07, 6.45) is 3.11. The van der Waals surface area contributed by atoms with Crippen LogP contribution in [-0.4, -0.2) is 65.1 Å². The Labute approximate surface area is 110 Å². The van der Waals surface area contributed by atoms with E-state index in [1.807, 2.05) is 10.9 Å². The normalized spacial score (nSPS) is 11.7. The third kappa shape index (κ3) is 5.57. The van der Waals surface area contributed by atoms with Gasteiger partial charge < -0.3 is 15.5 Å². The number of rotatable bonds is 9. The molecule has 0 saturated carbocycles. The summed E-state index contributed by atoms with van der Waals surface area (Å²) in [5.74, 6) is 0. The van der Waals surface area contributed by atoms with E-state index in [2.05, 4.69) is 41.1 Å². The smallest absolute Gasteiger partial charge is 0.0962 e. The second-order valence-electron chi connectivity index (χ2n) is 4.82. The maximum absolute atomic E-state index is 5.52. The molecule has 0 aliphatic carbocycles. The molecule has 0 aromatic carbocycles. The fourth-order valence-corrected chi connectivity index (χ4v) is 1.78. The summed E-state index contributed by atoms with van der Waals surface area (Å²) < 4.78 is 1.88. The Kier molecular flexibility index (Phi) is 6.85. The van der Waals surface area contributed by atoms with E-state index in [1.165, 1.54) is 6.42 Å². The standard InChI is InChI=1S/C12H26N6/c1-4-5-17(7-6-16(2)3)8-9-18-11-12(10-13)14-15-18/h11H,4-10,13H2,1-3H3. The van der Waals surface area contributed by atoms with Crippen LogP contribution in [0.3, 0.4) is 0 Å². The van der Waals surface area contributed by atoms with Crippen molar-refractivity contribution in [2.75, 3.05) is 40.3 Å². The van der Waals surface area contributed by atoms with E-state index in [1.54, 1.807) is 0 Å². The van der Waals surface area contributed by atoms with Crippen molar-refractivity contribution in [2.24, 2.45) is 5.73 Å². The largest absolute Gasteiger partial charge is 0.325 e. The molecule has 1 rings (SSSR count). The van der Waals surface area contributed by atoms with Crippen molar-refractivity contribution in [2.45, 2.75) is 26.4 Å². The van der Waals surface area contributed by atoms with Crippen LogP contribution >= 0.6 is 0 Å². The van der Waals surface area contributed by atoms with Crippen LogP contribution in [-0.2, 0) is 13.1 Å². The lowest BCUT2D eigenvalue weighted by atomic mass is 10.3. The van der Waals surface area contributed by atoms with E-state index in [4.69, 9.17) is 5.73 Å². The van der Waals surface area contributed by atoms with Crippen molar-refractivity contribution in [3.05, 3.63) is 11.9 Å². The number of nitrogens with zero attached hydrogens (tertiary/aromatic N) is 5. The zero-order valence-corrected chi connectivity index (χ0v) is 11.8. The highest BCUT2D eigenvalue weighted by molar-refractivity contribution is 4.90. The first-order valence-corrected chi connectivity index (χ1v) is 6.61. The lowest BCUT2D eigenvalue weighted by molar-refractivity contribution is 0.230. The van der Waals surface area contributed by atoms with Gasteiger partial charge in [-0.3, -0.25) is 4.68 Å². The number of likely N-dealkylation sites (N-methyl/N-ethyl adjacent to an activating group) is 1. The van der Waals surface area contributed by atoms with Crippen molar-refractivity contribution in [3.8, 4) is 0 Å². The fourth-order valence-electron chi connectivity index (χ4n) is 1.78. The van der Waals surface area contributed by atoms with Crippen molar-refractivity contribution >= 4 is 0 Å². The SMILES string of the molecule is CCCN(CCN(C)C)CCn1cc(CN)nn1. The molecule has 6 heteroatoms. The molecular weight excluding hydrogens is 228 g/mol. The van der Waals surface area contributed by atoms with Gasteiger partial charge in [0.05, 0.1) is 12.2 Å². The Bertz CT molecular complexity index is 322. The van der Waals surface area contributed by atoms with Crippen molar-refractivity contribution in [1.29, 1.82) is 0 Å². The minimum Gasteiger partial charge on any atom is -0.325 e. The maximum Gasteiger partial charge on any atom is 0.0962 e. The van der Waals surface area contributed by atoms with Crippen molar-refractivity contribution < 1.29 is 0 Å². The third-order valence-electron chi connectivity index (χ3n) is 2.84. The average molecular weight is 254 g/mol. The molecule has 1 aromatic rings. The van der Waals surface area contributed by atoms with Gasteiger partial charge in [-0.2, -0.15) is 0 Å². The Morgan fingerprint density at radius 3 is 2.56 bits per heavy atom. The van der Waals surface area contributed by atoms with Gasteiger partial charge in [0.1, 0.15) is 0 Å². The molecule has 18 heavy (non-hydrogen) atoms. The molecule has 0 aliphatic heterocycles. The predicted octanol–water partition coefficient (Wildman–Crippen LogP) is 0.0104. The van der Waals surface area contributed by atoms with Crippen LogP contribution in [0.5, 0.6) is 0 Å². The molecule has 0 aliphatic rings. The van der Waals surface area contributed by atoms with Crippen LogP contribution in [0.15, 0.2) is 6.20 Å². The number of hydrogen-bond acceptors (Lipinski definition) is 5. The summed E-state index contributed by atoms with van der Waals surface area (Å²) in [6, 6.07) is 0. The quantitative estimate of drug-likeness (QED) is 0.672. The van der Waals surface area contributed by atoms with Gasteiger partial charge in [-0.05, 0) is 27.1 Å². The summed E-state index contributed by atoms with van der Waals surface area (Å²) in [7, 11) is 4.21. The van der Waals surface area contributed by atoms with Gasteiger partial charge in [-0.1, -0.05) is 12.1 Å². The number of hydrogen-bond donors (Lipinski definition) is 1.